The van der Waals surface area contributed by atoms with Crippen molar-refractivity contribution >= 4 is 5.69 Å². The van der Waals surface area contributed by atoms with E-state index in [-0.39, 0.29) is 11.4 Å². The molecule has 0 aliphatic carbocycles. The van der Waals surface area contributed by atoms with Crippen molar-refractivity contribution in [3.05, 3.63) is 33.9 Å². The van der Waals surface area contributed by atoms with Crippen LogP contribution in [0.2, 0.25) is 0 Å². The number of nitro benzene ring substituents is 1. The third-order valence-corrected chi connectivity index (χ3v) is 2.79. The molecule has 0 amide bonds. The number of hydrogen-bond donors (Lipinski definition) is 2. The molecule has 0 radical (unpaired) electrons. The van der Waals surface area contributed by atoms with Crippen molar-refractivity contribution in [2.75, 3.05) is 13.1 Å². The zero-order valence-electron chi connectivity index (χ0n) is 9.42. The van der Waals surface area contributed by atoms with Gasteiger partial charge in [0, 0.05) is 19.2 Å². The number of nitro groups is 1. The van der Waals surface area contributed by atoms with Crippen LogP contribution in [-0.2, 0) is 0 Å². The van der Waals surface area contributed by atoms with E-state index in [0.717, 1.165) is 0 Å². The van der Waals surface area contributed by atoms with Crippen LogP contribution >= 0.6 is 0 Å². The number of aliphatic hydroxyl groups is 1. The summed E-state index contributed by atoms with van der Waals surface area (Å²) < 4.78 is 5.56. The predicted octanol–water partition coefficient (Wildman–Crippen LogP) is 0.615. The molecular weight excluding hydrogens is 224 g/mol. The molecule has 1 aromatic carbocycles. The number of hydrogen-bond acceptors (Lipinski definition) is 5. The number of benzene rings is 1. The highest BCUT2D eigenvalue weighted by molar-refractivity contribution is 5.51. The smallest absolute Gasteiger partial charge is 0.311 e. The molecule has 2 unspecified atom stereocenters. The average molecular weight is 238 g/mol. The first-order valence-electron chi connectivity index (χ1n) is 5.39. The maximum atomic E-state index is 10.9. The number of aliphatic hydroxyl groups excluding tert-OH is 1. The van der Waals surface area contributed by atoms with Gasteiger partial charge < -0.3 is 15.2 Å². The van der Waals surface area contributed by atoms with Crippen LogP contribution in [0.1, 0.15) is 5.56 Å². The zero-order chi connectivity index (χ0) is 12.4. The standard InChI is InChI=1S/C11H14N2O4/c1-7-3-2-4-8(13(15)16)11(7)17-10-6-12-5-9(10)14/h2-4,9-10,12,14H,5-6H2,1H3. The van der Waals surface area contributed by atoms with E-state index >= 15 is 0 Å². The summed E-state index contributed by atoms with van der Waals surface area (Å²) in [6.45, 7) is 2.69. The van der Waals surface area contributed by atoms with Crippen molar-refractivity contribution in [2.45, 2.75) is 19.1 Å². The minimum absolute atomic E-state index is 0.0656. The van der Waals surface area contributed by atoms with Crippen LogP contribution in [0.25, 0.3) is 0 Å². The second-order valence-electron chi connectivity index (χ2n) is 4.06. The lowest BCUT2D eigenvalue weighted by molar-refractivity contribution is -0.386. The van der Waals surface area contributed by atoms with Crippen LogP contribution in [0.15, 0.2) is 18.2 Å². The highest BCUT2D eigenvalue weighted by Crippen LogP contribution is 2.31. The molecule has 6 heteroatoms. The Balaban J connectivity index is 2.27. The molecule has 1 aliphatic rings. The molecule has 92 valence electrons. The summed E-state index contributed by atoms with van der Waals surface area (Å²) in [6, 6.07) is 4.76. The van der Waals surface area contributed by atoms with Gasteiger partial charge in [-0.05, 0) is 12.5 Å². The summed E-state index contributed by atoms with van der Waals surface area (Å²) in [5.74, 6) is 0.241. The van der Waals surface area contributed by atoms with Crippen LogP contribution in [0.5, 0.6) is 5.75 Å². The van der Waals surface area contributed by atoms with Crippen molar-refractivity contribution in [3.63, 3.8) is 0 Å². The Hall–Kier alpha value is -1.66. The summed E-state index contributed by atoms with van der Waals surface area (Å²) in [5.41, 5.74) is 0.627. The van der Waals surface area contributed by atoms with Gasteiger partial charge in [-0.1, -0.05) is 12.1 Å². The molecule has 1 aliphatic heterocycles. The van der Waals surface area contributed by atoms with Gasteiger partial charge in [0.25, 0.3) is 0 Å². The summed E-state index contributed by atoms with van der Waals surface area (Å²) in [5, 5.41) is 23.5. The van der Waals surface area contributed by atoms with Gasteiger partial charge in [0.2, 0.25) is 0 Å². The highest BCUT2D eigenvalue weighted by atomic mass is 16.6. The number of nitrogens with one attached hydrogen (secondary N) is 1. The topological polar surface area (TPSA) is 84.6 Å². The van der Waals surface area contributed by atoms with Crippen molar-refractivity contribution in [3.8, 4) is 5.75 Å². The first-order valence-corrected chi connectivity index (χ1v) is 5.39. The van der Waals surface area contributed by atoms with Gasteiger partial charge in [0.15, 0.2) is 5.75 Å². The van der Waals surface area contributed by atoms with Crippen molar-refractivity contribution in [1.82, 2.24) is 5.32 Å². The molecule has 1 aromatic rings. The molecule has 0 aromatic heterocycles. The van der Waals surface area contributed by atoms with E-state index in [1.54, 1.807) is 19.1 Å². The minimum atomic E-state index is -0.630. The molecule has 0 bridgehead atoms. The molecule has 2 atom stereocenters. The van der Waals surface area contributed by atoms with Crippen molar-refractivity contribution in [1.29, 1.82) is 0 Å². The van der Waals surface area contributed by atoms with Gasteiger partial charge >= 0.3 is 5.69 Å². The third kappa shape index (κ3) is 2.37. The fraction of sp³-hybridized carbons (Fsp3) is 0.455. The molecule has 0 spiro atoms. The highest BCUT2D eigenvalue weighted by Gasteiger charge is 2.29. The van der Waals surface area contributed by atoms with E-state index in [4.69, 9.17) is 4.74 Å². The molecule has 17 heavy (non-hydrogen) atoms. The summed E-state index contributed by atoms with van der Waals surface area (Å²) in [7, 11) is 0. The largest absolute Gasteiger partial charge is 0.479 e. The van der Waals surface area contributed by atoms with Crippen LogP contribution in [0.4, 0.5) is 5.69 Å². The van der Waals surface area contributed by atoms with Gasteiger partial charge in [0.1, 0.15) is 12.2 Å². The molecular formula is C11H14N2O4. The van der Waals surface area contributed by atoms with Crippen LogP contribution in [0.3, 0.4) is 0 Å². The van der Waals surface area contributed by atoms with E-state index in [9.17, 15) is 15.2 Å². The second-order valence-corrected chi connectivity index (χ2v) is 4.06. The third-order valence-electron chi connectivity index (χ3n) is 2.79. The maximum Gasteiger partial charge on any atom is 0.311 e. The number of rotatable bonds is 3. The van der Waals surface area contributed by atoms with Gasteiger partial charge in [0.05, 0.1) is 4.92 Å². The predicted molar refractivity (Wildman–Crippen MR) is 61.1 cm³/mol. The summed E-state index contributed by atoms with van der Waals surface area (Å²) in [6.07, 6.45) is -1.07. The van der Waals surface area contributed by atoms with Crippen LogP contribution in [-0.4, -0.2) is 35.3 Å². The first-order chi connectivity index (χ1) is 8.09. The Labute approximate surface area is 98.4 Å². The van der Waals surface area contributed by atoms with Crippen molar-refractivity contribution < 1.29 is 14.8 Å². The molecule has 2 rings (SSSR count). The van der Waals surface area contributed by atoms with E-state index in [1.807, 2.05) is 0 Å². The van der Waals surface area contributed by atoms with E-state index in [2.05, 4.69) is 5.32 Å². The number of nitrogens with zero attached hydrogens (tertiary/aromatic N) is 1. The van der Waals surface area contributed by atoms with Gasteiger partial charge in [-0.15, -0.1) is 0 Å². The molecule has 2 N–H and O–H groups in total. The quantitative estimate of drug-likeness (QED) is 0.595. The second kappa shape index (κ2) is 4.68. The SMILES string of the molecule is Cc1cccc([N+](=O)[O-])c1OC1CNCC1O. The lowest BCUT2D eigenvalue weighted by Gasteiger charge is -2.17. The lowest BCUT2D eigenvalue weighted by Crippen LogP contribution is -2.30. The number of β-amino-alcohol motifs (C(OH)–C–C–N with tert-alkyl or cyclic N) is 1. The molecule has 6 nitrogen and oxygen atoms in total. The lowest BCUT2D eigenvalue weighted by atomic mass is 10.2. The van der Waals surface area contributed by atoms with Crippen molar-refractivity contribution in [2.24, 2.45) is 0 Å². The fourth-order valence-electron chi connectivity index (χ4n) is 1.85. The zero-order valence-corrected chi connectivity index (χ0v) is 9.42. The summed E-state index contributed by atoms with van der Waals surface area (Å²) >= 11 is 0. The number of para-hydroxylation sites is 1. The van der Waals surface area contributed by atoms with Crippen LogP contribution < -0.4 is 10.1 Å². The maximum absolute atomic E-state index is 10.9. The van der Waals surface area contributed by atoms with E-state index < -0.39 is 17.1 Å². The molecule has 1 fully saturated rings. The monoisotopic (exact) mass is 238 g/mol. The first kappa shape index (κ1) is 11.8. The van der Waals surface area contributed by atoms with Gasteiger partial charge in [-0.2, -0.15) is 0 Å². The number of ether oxygens (including phenoxy) is 1. The van der Waals surface area contributed by atoms with Crippen LogP contribution in [0, 0.1) is 17.0 Å². The normalized spacial score (nSPS) is 23.6. The Bertz CT molecular complexity index is 435. The molecule has 0 saturated carbocycles. The Morgan fingerprint density at radius 1 is 1.53 bits per heavy atom. The average Bonchev–Trinajstić information content (AvgIpc) is 2.67. The van der Waals surface area contributed by atoms with E-state index in [0.29, 0.717) is 18.7 Å². The van der Waals surface area contributed by atoms with E-state index in [1.165, 1.54) is 6.07 Å². The Kier molecular flexibility index (Phi) is 3.26. The molecule has 1 heterocycles. The summed E-state index contributed by atoms with van der Waals surface area (Å²) in [4.78, 5) is 10.4. The Morgan fingerprint density at radius 3 is 2.88 bits per heavy atom. The minimum Gasteiger partial charge on any atom is -0.479 e. The fourth-order valence-corrected chi connectivity index (χ4v) is 1.85. The van der Waals surface area contributed by atoms with Gasteiger partial charge in [-0.3, -0.25) is 10.1 Å². The number of aryl methyl sites for hydroxylation is 1. The van der Waals surface area contributed by atoms with Gasteiger partial charge in [-0.25, -0.2) is 0 Å². The molecule has 1 saturated heterocycles. The Morgan fingerprint density at radius 2 is 2.29 bits per heavy atom.